The van der Waals surface area contributed by atoms with E-state index in [4.69, 9.17) is 4.74 Å². The van der Waals surface area contributed by atoms with Gasteiger partial charge in [0.1, 0.15) is 17.9 Å². The van der Waals surface area contributed by atoms with Crippen LogP contribution >= 0.6 is 0 Å². The second-order valence-electron chi connectivity index (χ2n) is 8.09. The molecular formula is C24H24F3N5O. The molecule has 1 aromatic heterocycles. The van der Waals surface area contributed by atoms with Gasteiger partial charge in [0.15, 0.2) is 0 Å². The topological polar surface area (TPSA) is 53.9 Å². The van der Waals surface area contributed by atoms with Crippen molar-refractivity contribution in [2.24, 2.45) is 4.99 Å². The van der Waals surface area contributed by atoms with E-state index in [-0.39, 0.29) is 5.69 Å². The first-order valence-electron chi connectivity index (χ1n) is 10.5. The molecular weight excluding hydrogens is 431 g/mol. The Bertz CT molecular complexity index is 1180. The number of ether oxygens (including phenoxy) is 1. The summed E-state index contributed by atoms with van der Waals surface area (Å²) in [7, 11) is 3.93. The zero-order chi connectivity index (χ0) is 23.6. The van der Waals surface area contributed by atoms with Crippen molar-refractivity contribution in [2.45, 2.75) is 26.1 Å². The number of fused-ring (bicyclic) bond motifs is 1. The summed E-state index contributed by atoms with van der Waals surface area (Å²) < 4.78 is 44.9. The van der Waals surface area contributed by atoms with E-state index in [1.165, 1.54) is 12.4 Å². The molecule has 0 saturated heterocycles. The highest BCUT2D eigenvalue weighted by Crippen LogP contribution is 2.34. The summed E-state index contributed by atoms with van der Waals surface area (Å²) in [6, 6.07) is 12.6. The molecule has 9 heteroatoms. The second-order valence-corrected chi connectivity index (χ2v) is 8.09. The van der Waals surface area contributed by atoms with Crippen LogP contribution in [0.15, 0.2) is 59.9 Å². The molecule has 33 heavy (non-hydrogen) atoms. The number of hydrogen-bond donors (Lipinski definition) is 0. The fourth-order valence-electron chi connectivity index (χ4n) is 3.74. The first-order valence-corrected chi connectivity index (χ1v) is 10.5. The van der Waals surface area contributed by atoms with Crippen LogP contribution in [0, 0.1) is 0 Å². The van der Waals surface area contributed by atoms with E-state index >= 15 is 0 Å². The van der Waals surface area contributed by atoms with Crippen LogP contribution in [0.25, 0.3) is 0 Å². The summed E-state index contributed by atoms with van der Waals surface area (Å²) in [5.74, 6) is 1.77. The van der Waals surface area contributed by atoms with E-state index in [2.05, 4.69) is 15.0 Å². The molecule has 2 aromatic carbocycles. The molecule has 0 bridgehead atoms. The Kier molecular flexibility index (Phi) is 6.33. The summed E-state index contributed by atoms with van der Waals surface area (Å²) in [6.45, 7) is 3.17. The molecule has 4 rings (SSSR count). The van der Waals surface area contributed by atoms with Gasteiger partial charge in [-0.1, -0.05) is 6.07 Å². The molecule has 6 nitrogen and oxygen atoms in total. The highest BCUT2D eigenvalue weighted by Gasteiger charge is 2.30. The average Bonchev–Trinajstić information content (AvgIpc) is 3.16. The van der Waals surface area contributed by atoms with Crippen LogP contribution in [0.3, 0.4) is 0 Å². The highest BCUT2D eigenvalue weighted by atomic mass is 19.4. The lowest BCUT2D eigenvalue weighted by molar-refractivity contribution is -0.137. The minimum absolute atomic E-state index is 0.271. The Balaban J connectivity index is 1.51. The Morgan fingerprint density at radius 1 is 1.12 bits per heavy atom. The van der Waals surface area contributed by atoms with Crippen LogP contribution in [0.5, 0.6) is 11.6 Å². The monoisotopic (exact) mass is 455 g/mol. The van der Waals surface area contributed by atoms with Crippen LogP contribution in [0.2, 0.25) is 0 Å². The van der Waals surface area contributed by atoms with Gasteiger partial charge < -0.3 is 14.5 Å². The molecule has 0 radical (unpaired) electrons. The zero-order valence-corrected chi connectivity index (χ0v) is 18.6. The molecule has 0 fully saturated rings. The second kappa shape index (κ2) is 9.19. The molecule has 0 unspecified atom stereocenters. The van der Waals surface area contributed by atoms with E-state index in [1.807, 2.05) is 48.2 Å². The van der Waals surface area contributed by atoms with Crippen LogP contribution in [-0.4, -0.2) is 41.3 Å². The number of hydrogen-bond acceptors (Lipinski definition) is 5. The predicted octanol–water partition coefficient (Wildman–Crippen LogP) is 5.46. The summed E-state index contributed by atoms with van der Waals surface area (Å²) in [5, 5.41) is 0. The van der Waals surface area contributed by atoms with E-state index in [0.717, 1.165) is 35.5 Å². The number of nitrogens with zero attached hydrogens (tertiary/aromatic N) is 5. The van der Waals surface area contributed by atoms with E-state index in [1.54, 1.807) is 13.0 Å². The number of anilines is 1. The molecule has 172 valence electrons. The van der Waals surface area contributed by atoms with Gasteiger partial charge in [0.25, 0.3) is 0 Å². The van der Waals surface area contributed by atoms with Gasteiger partial charge in [-0.25, -0.2) is 15.0 Å². The molecule has 1 aliphatic rings. The predicted molar refractivity (Wildman–Crippen MR) is 121 cm³/mol. The first-order chi connectivity index (χ1) is 15.7. The smallest absolute Gasteiger partial charge is 0.416 e. The minimum Gasteiger partial charge on any atom is -0.439 e. The Morgan fingerprint density at radius 2 is 1.94 bits per heavy atom. The molecule has 3 aromatic rings. The maximum atomic E-state index is 13.0. The molecule has 0 amide bonds. The molecule has 0 atom stereocenters. The quantitative estimate of drug-likeness (QED) is 0.378. The van der Waals surface area contributed by atoms with Crippen LogP contribution in [0.1, 0.15) is 23.7 Å². The number of alkyl halides is 3. The van der Waals surface area contributed by atoms with Gasteiger partial charge in [0.2, 0.25) is 5.88 Å². The fraction of sp³-hybridized carbons (Fsp3) is 0.292. The third kappa shape index (κ3) is 5.48. The molecule has 0 saturated carbocycles. The zero-order valence-electron chi connectivity index (χ0n) is 18.6. The molecule has 0 N–H and O–H groups in total. The lowest BCUT2D eigenvalue weighted by Gasteiger charge is -2.19. The highest BCUT2D eigenvalue weighted by molar-refractivity contribution is 5.99. The van der Waals surface area contributed by atoms with Crippen molar-refractivity contribution in [1.29, 1.82) is 0 Å². The normalized spacial score (nSPS) is 14.0. The van der Waals surface area contributed by atoms with Gasteiger partial charge in [0.05, 0.1) is 16.9 Å². The van der Waals surface area contributed by atoms with Crippen LogP contribution in [0.4, 0.5) is 24.5 Å². The van der Waals surface area contributed by atoms with E-state index < -0.39 is 11.7 Å². The van der Waals surface area contributed by atoms with Crippen LogP contribution in [-0.2, 0) is 19.1 Å². The van der Waals surface area contributed by atoms with E-state index in [9.17, 15) is 13.2 Å². The number of halogens is 3. The number of aromatic nitrogens is 2. The average molecular weight is 455 g/mol. The fourth-order valence-corrected chi connectivity index (χ4v) is 3.74. The van der Waals surface area contributed by atoms with Crippen molar-refractivity contribution in [1.82, 2.24) is 14.9 Å². The molecule has 1 aliphatic heterocycles. The lowest BCUT2D eigenvalue weighted by Crippen LogP contribution is -2.26. The molecule has 0 spiro atoms. The SMILES string of the molecule is CC(=Nc1cccc(C(F)(F)F)c1)N1CCc2cc(Oc3cc(CN(C)C)ncn3)ccc21. The van der Waals surface area contributed by atoms with Crippen molar-refractivity contribution in [3.63, 3.8) is 0 Å². The van der Waals surface area contributed by atoms with Crippen molar-refractivity contribution in [3.8, 4) is 11.6 Å². The van der Waals surface area contributed by atoms with Gasteiger partial charge in [-0.3, -0.25) is 0 Å². The largest absolute Gasteiger partial charge is 0.439 e. The third-order valence-corrected chi connectivity index (χ3v) is 5.20. The van der Waals surface area contributed by atoms with Crippen molar-refractivity contribution in [2.75, 3.05) is 25.5 Å². The molecule has 2 heterocycles. The lowest BCUT2D eigenvalue weighted by atomic mass is 10.1. The van der Waals surface area contributed by atoms with Gasteiger partial charge in [-0.05, 0) is 69.4 Å². The Labute approximate surface area is 190 Å². The Morgan fingerprint density at radius 3 is 2.70 bits per heavy atom. The van der Waals surface area contributed by atoms with Crippen molar-refractivity contribution >= 4 is 17.2 Å². The van der Waals surface area contributed by atoms with Crippen molar-refractivity contribution in [3.05, 3.63) is 71.7 Å². The van der Waals surface area contributed by atoms with Gasteiger partial charge in [-0.2, -0.15) is 13.2 Å². The summed E-state index contributed by atoms with van der Waals surface area (Å²) in [4.78, 5) is 16.9. The number of amidine groups is 1. The number of rotatable bonds is 5. The van der Waals surface area contributed by atoms with Crippen molar-refractivity contribution < 1.29 is 17.9 Å². The standard InChI is InChI=1S/C24H24F3N5O/c1-16(30-19-6-4-5-18(12-19)24(25,26)27)32-10-9-17-11-21(7-8-22(17)32)33-23-13-20(14-31(2)3)28-15-29-23/h4-8,11-13,15H,9-10,14H2,1-3H3. The number of benzene rings is 2. The maximum Gasteiger partial charge on any atom is 0.416 e. The van der Waals surface area contributed by atoms with E-state index in [0.29, 0.717) is 30.6 Å². The third-order valence-electron chi connectivity index (χ3n) is 5.20. The summed E-state index contributed by atoms with van der Waals surface area (Å²) >= 11 is 0. The number of aliphatic imine (C=N–C) groups is 1. The summed E-state index contributed by atoms with van der Waals surface area (Å²) in [5.41, 5.74) is 2.46. The van der Waals surface area contributed by atoms with Gasteiger partial charge >= 0.3 is 6.18 Å². The maximum absolute atomic E-state index is 13.0. The van der Waals surface area contributed by atoms with Crippen LogP contribution < -0.4 is 9.64 Å². The van der Waals surface area contributed by atoms with Gasteiger partial charge in [0, 0.05) is 24.8 Å². The minimum atomic E-state index is -4.40. The Hall–Kier alpha value is -3.46. The van der Waals surface area contributed by atoms with Gasteiger partial charge in [-0.15, -0.1) is 0 Å². The first kappa shape index (κ1) is 22.7. The molecule has 0 aliphatic carbocycles. The summed E-state index contributed by atoms with van der Waals surface area (Å²) in [6.07, 6.45) is -2.14.